The summed E-state index contributed by atoms with van der Waals surface area (Å²) in [6.07, 6.45) is 4.56. The van der Waals surface area contributed by atoms with Crippen LogP contribution in [-0.2, 0) is 0 Å². The molecule has 126 valence electrons. The summed E-state index contributed by atoms with van der Waals surface area (Å²) in [4.78, 5) is 20.9. The van der Waals surface area contributed by atoms with Gasteiger partial charge >= 0.3 is 0 Å². The monoisotopic (exact) mass is 333 g/mol. The molecule has 0 radical (unpaired) electrons. The van der Waals surface area contributed by atoms with Gasteiger partial charge in [-0.05, 0) is 51.4 Å². The fraction of sp³-hybridized carbons (Fsp3) is 0.611. The van der Waals surface area contributed by atoms with Gasteiger partial charge in [-0.1, -0.05) is 12.1 Å². The summed E-state index contributed by atoms with van der Waals surface area (Å²) in [5.74, 6) is 0.193. The highest BCUT2D eigenvalue weighted by Crippen LogP contribution is 2.23. The van der Waals surface area contributed by atoms with E-state index in [0.717, 1.165) is 36.6 Å². The summed E-state index contributed by atoms with van der Waals surface area (Å²) in [6, 6.07) is 8.66. The Labute approximate surface area is 143 Å². The smallest absolute Gasteiger partial charge is 0.255 e. The number of hydrogen-bond acceptors (Lipinski definition) is 4. The summed E-state index contributed by atoms with van der Waals surface area (Å²) in [6.45, 7) is 6.14. The summed E-state index contributed by atoms with van der Waals surface area (Å²) in [7, 11) is 2.20. The van der Waals surface area contributed by atoms with Crippen molar-refractivity contribution in [1.29, 1.82) is 0 Å². The summed E-state index contributed by atoms with van der Waals surface area (Å²) < 4.78 is 0. The molecule has 4 nitrogen and oxygen atoms in total. The molecule has 1 aromatic rings. The standard InChI is InChI=1S/C18H27N3OS/c1-19-9-7-15(8-10-19)20-11-13-21(14-12-20)18(22)16-5-3-4-6-17(16)23-2/h3-6,15H,7-14H2,1-2H3. The Kier molecular flexibility index (Phi) is 5.62. The maximum atomic E-state index is 12.8. The van der Waals surface area contributed by atoms with Gasteiger partial charge in [-0.15, -0.1) is 11.8 Å². The van der Waals surface area contributed by atoms with Crippen molar-refractivity contribution in [2.75, 3.05) is 52.6 Å². The van der Waals surface area contributed by atoms with Crippen molar-refractivity contribution in [3.05, 3.63) is 29.8 Å². The minimum Gasteiger partial charge on any atom is -0.336 e. The second-order valence-corrected chi connectivity index (χ2v) is 7.41. The summed E-state index contributed by atoms with van der Waals surface area (Å²) >= 11 is 1.65. The highest BCUT2D eigenvalue weighted by atomic mass is 32.2. The van der Waals surface area contributed by atoms with Crippen LogP contribution in [-0.4, -0.2) is 79.2 Å². The molecule has 1 amide bonds. The third kappa shape index (κ3) is 3.90. The van der Waals surface area contributed by atoms with Crippen molar-refractivity contribution in [3.8, 4) is 0 Å². The maximum absolute atomic E-state index is 12.8. The van der Waals surface area contributed by atoms with E-state index in [1.807, 2.05) is 35.4 Å². The van der Waals surface area contributed by atoms with Gasteiger partial charge < -0.3 is 9.80 Å². The molecule has 5 heteroatoms. The normalized spacial score (nSPS) is 21.6. The molecule has 0 bridgehead atoms. The Balaban J connectivity index is 1.57. The van der Waals surface area contributed by atoms with Crippen molar-refractivity contribution in [2.45, 2.75) is 23.8 Å². The van der Waals surface area contributed by atoms with Crippen LogP contribution in [0.3, 0.4) is 0 Å². The lowest BCUT2D eigenvalue weighted by Crippen LogP contribution is -2.54. The molecule has 0 N–H and O–H groups in total. The van der Waals surface area contributed by atoms with E-state index in [2.05, 4.69) is 16.8 Å². The van der Waals surface area contributed by atoms with Gasteiger partial charge in [-0.3, -0.25) is 9.69 Å². The molecule has 2 saturated heterocycles. The largest absolute Gasteiger partial charge is 0.336 e. The zero-order valence-electron chi connectivity index (χ0n) is 14.2. The Morgan fingerprint density at radius 3 is 2.35 bits per heavy atom. The van der Waals surface area contributed by atoms with Gasteiger partial charge in [-0.25, -0.2) is 0 Å². The topological polar surface area (TPSA) is 26.8 Å². The Morgan fingerprint density at radius 2 is 1.70 bits per heavy atom. The number of carbonyl (C=O) groups excluding carboxylic acids is 1. The number of piperazine rings is 1. The highest BCUT2D eigenvalue weighted by Gasteiger charge is 2.28. The van der Waals surface area contributed by atoms with E-state index in [4.69, 9.17) is 0 Å². The quantitative estimate of drug-likeness (QED) is 0.793. The molecule has 0 aliphatic carbocycles. The van der Waals surface area contributed by atoms with Crippen LogP contribution >= 0.6 is 11.8 Å². The van der Waals surface area contributed by atoms with Crippen LogP contribution in [0.1, 0.15) is 23.2 Å². The van der Waals surface area contributed by atoms with Crippen molar-refractivity contribution in [1.82, 2.24) is 14.7 Å². The second-order valence-electron chi connectivity index (χ2n) is 6.56. The molecule has 1 aromatic carbocycles. The molecule has 0 aromatic heterocycles. The minimum absolute atomic E-state index is 0.193. The van der Waals surface area contributed by atoms with Gasteiger partial charge in [0.25, 0.3) is 5.91 Å². The molecular formula is C18H27N3OS. The van der Waals surface area contributed by atoms with Crippen molar-refractivity contribution in [3.63, 3.8) is 0 Å². The number of carbonyl (C=O) groups is 1. The number of piperidine rings is 1. The van der Waals surface area contributed by atoms with Crippen LogP contribution in [0.5, 0.6) is 0 Å². The zero-order valence-corrected chi connectivity index (χ0v) is 15.0. The number of likely N-dealkylation sites (tertiary alicyclic amines) is 1. The van der Waals surface area contributed by atoms with E-state index in [1.165, 1.54) is 25.9 Å². The predicted molar refractivity (Wildman–Crippen MR) is 96.2 cm³/mol. The highest BCUT2D eigenvalue weighted by molar-refractivity contribution is 7.98. The van der Waals surface area contributed by atoms with Crippen LogP contribution in [0.2, 0.25) is 0 Å². The first-order chi connectivity index (χ1) is 11.2. The number of thioether (sulfide) groups is 1. The lowest BCUT2D eigenvalue weighted by atomic mass is 10.0. The van der Waals surface area contributed by atoms with Crippen molar-refractivity contribution < 1.29 is 4.79 Å². The van der Waals surface area contributed by atoms with Crippen LogP contribution in [0.15, 0.2) is 29.2 Å². The molecule has 23 heavy (non-hydrogen) atoms. The SMILES string of the molecule is CSc1ccccc1C(=O)N1CCN(C2CCN(C)CC2)CC1. The molecule has 2 aliphatic heterocycles. The van der Waals surface area contributed by atoms with E-state index in [0.29, 0.717) is 6.04 Å². The van der Waals surface area contributed by atoms with E-state index in [1.54, 1.807) is 11.8 Å². The van der Waals surface area contributed by atoms with E-state index < -0.39 is 0 Å². The second kappa shape index (κ2) is 7.69. The fourth-order valence-electron chi connectivity index (χ4n) is 3.64. The van der Waals surface area contributed by atoms with E-state index >= 15 is 0 Å². The molecule has 0 unspecified atom stereocenters. The third-order valence-corrected chi connectivity index (χ3v) is 5.94. The van der Waals surface area contributed by atoms with Gasteiger partial charge in [0.1, 0.15) is 0 Å². The summed E-state index contributed by atoms with van der Waals surface area (Å²) in [5, 5.41) is 0. The van der Waals surface area contributed by atoms with Crippen LogP contribution in [0.25, 0.3) is 0 Å². The molecule has 2 aliphatic rings. The van der Waals surface area contributed by atoms with Gasteiger partial charge in [-0.2, -0.15) is 0 Å². The minimum atomic E-state index is 0.193. The number of rotatable bonds is 3. The average Bonchev–Trinajstić information content (AvgIpc) is 2.62. The molecular weight excluding hydrogens is 306 g/mol. The van der Waals surface area contributed by atoms with Crippen molar-refractivity contribution in [2.24, 2.45) is 0 Å². The maximum Gasteiger partial charge on any atom is 0.255 e. The Bertz CT molecular complexity index is 535. The molecule has 3 rings (SSSR count). The lowest BCUT2D eigenvalue weighted by Gasteiger charge is -2.42. The van der Waals surface area contributed by atoms with Gasteiger partial charge in [0.05, 0.1) is 5.56 Å². The molecule has 2 fully saturated rings. The number of benzene rings is 1. The number of nitrogens with zero attached hydrogens (tertiary/aromatic N) is 3. The van der Waals surface area contributed by atoms with E-state index in [9.17, 15) is 4.79 Å². The van der Waals surface area contributed by atoms with Gasteiger partial charge in [0.2, 0.25) is 0 Å². The summed E-state index contributed by atoms with van der Waals surface area (Å²) in [5.41, 5.74) is 0.854. The predicted octanol–water partition coefficient (Wildman–Crippen LogP) is 2.26. The van der Waals surface area contributed by atoms with Crippen molar-refractivity contribution >= 4 is 17.7 Å². The first-order valence-corrected chi connectivity index (χ1v) is 9.76. The first kappa shape index (κ1) is 16.8. The first-order valence-electron chi connectivity index (χ1n) is 8.54. The molecule has 0 atom stereocenters. The average molecular weight is 334 g/mol. The zero-order chi connectivity index (χ0) is 16.2. The van der Waals surface area contributed by atoms with Crippen LogP contribution < -0.4 is 0 Å². The Hall–Kier alpha value is -1.04. The van der Waals surface area contributed by atoms with E-state index in [-0.39, 0.29) is 5.91 Å². The molecule has 0 saturated carbocycles. The van der Waals surface area contributed by atoms with Gasteiger partial charge in [0.15, 0.2) is 0 Å². The molecule has 0 spiro atoms. The Morgan fingerprint density at radius 1 is 1.04 bits per heavy atom. The van der Waals surface area contributed by atoms with Crippen LogP contribution in [0, 0.1) is 0 Å². The van der Waals surface area contributed by atoms with Gasteiger partial charge in [0, 0.05) is 37.1 Å². The lowest BCUT2D eigenvalue weighted by molar-refractivity contribution is 0.0472. The number of hydrogen-bond donors (Lipinski definition) is 0. The molecule has 2 heterocycles. The third-order valence-electron chi connectivity index (χ3n) is 5.14. The fourth-order valence-corrected chi connectivity index (χ4v) is 4.23. The van der Waals surface area contributed by atoms with Crippen LogP contribution in [0.4, 0.5) is 0 Å². The number of amides is 1.